The highest BCUT2D eigenvalue weighted by Crippen LogP contribution is 2.37. The highest BCUT2D eigenvalue weighted by Gasteiger charge is 2.34. The van der Waals surface area contributed by atoms with Crippen LogP contribution in [0.5, 0.6) is 0 Å². The summed E-state index contributed by atoms with van der Waals surface area (Å²) in [6.07, 6.45) is 0.908. The molecule has 1 N–H and O–H groups in total. The zero-order valence-electron chi connectivity index (χ0n) is 10.9. The zero-order chi connectivity index (χ0) is 14.2. The molecule has 0 radical (unpaired) electrons. The lowest BCUT2D eigenvalue weighted by atomic mass is 10.1. The number of rotatable bonds is 3. The van der Waals surface area contributed by atoms with Gasteiger partial charge in [-0.1, -0.05) is 13.0 Å². The molecule has 1 aromatic rings. The number of para-hydroxylation sites is 1. The number of nitro benzene ring substituents is 1. The normalized spacial score (nSPS) is 22.5. The molecule has 0 spiro atoms. The van der Waals surface area contributed by atoms with Crippen molar-refractivity contribution in [3.8, 4) is 0 Å². The van der Waals surface area contributed by atoms with Crippen LogP contribution in [0.15, 0.2) is 18.2 Å². The Labute approximate surface area is 110 Å². The number of nitro groups is 1. The molecule has 2 atom stereocenters. The zero-order valence-corrected chi connectivity index (χ0v) is 10.9. The minimum atomic E-state index is -1.13. The molecule has 1 fully saturated rings. The molecule has 1 saturated heterocycles. The van der Waals surface area contributed by atoms with E-state index in [0.29, 0.717) is 12.5 Å². The Balaban J connectivity index is 2.58. The predicted molar refractivity (Wildman–Crippen MR) is 70.6 cm³/mol. The number of hydrogen-bond acceptors (Lipinski definition) is 4. The van der Waals surface area contributed by atoms with Gasteiger partial charge in [-0.05, 0) is 25.3 Å². The summed E-state index contributed by atoms with van der Waals surface area (Å²) in [6.45, 7) is 4.67. The van der Waals surface area contributed by atoms with Crippen molar-refractivity contribution in [1.82, 2.24) is 0 Å². The van der Waals surface area contributed by atoms with E-state index in [9.17, 15) is 20.0 Å². The van der Waals surface area contributed by atoms with Crippen molar-refractivity contribution in [2.75, 3.05) is 11.4 Å². The first-order chi connectivity index (χ1) is 8.91. The fourth-order valence-electron chi connectivity index (χ4n) is 2.76. The lowest BCUT2D eigenvalue weighted by Gasteiger charge is -2.25. The molecule has 19 heavy (non-hydrogen) atoms. The molecule has 0 amide bonds. The van der Waals surface area contributed by atoms with E-state index >= 15 is 0 Å². The second kappa shape index (κ2) is 4.87. The van der Waals surface area contributed by atoms with E-state index in [1.54, 1.807) is 0 Å². The second-order valence-corrected chi connectivity index (χ2v) is 5.08. The molecule has 0 bridgehead atoms. The first-order valence-electron chi connectivity index (χ1n) is 6.19. The van der Waals surface area contributed by atoms with Crippen molar-refractivity contribution < 1.29 is 14.8 Å². The molecule has 6 nitrogen and oxygen atoms in total. The highest BCUT2D eigenvalue weighted by molar-refractivity contribution is 5.97. The van der Waals surface area contributed by atoms with Crippen molar-refractivity contribution in [2.24, 2.45) is 5.92 Å². The standard InChI is InChI=1S/C13H16N2O4/c1-8-6-9(2)14(7-8)12-10(13(16)17)4-3-5-11(12)15(18)19/h3-5,8-9H,6-7H2,1-2H3,(H,16,17). The molecule has 1 aromatic carbocycles. The van der Waals surface area contributed by atoms with Gasteiger partial charge >= 0.3 is 5.97 Å². The Morgan fingerprint density at radius 3 is 2.63 bits per heavy atom. The first kappa shape index (κ1) is 13.3. The third kappa shape index (κ3) is 2.38. The molecule has 1 heterocycles. The number of carboxylic acids is 1. The lowest BCUT2D eigenvalue weighted by Crippen LogP contribution is -2.29. The summed E-state index contributed by atoms with van der Waals surface area (Å²) >= 11 is 0. The monoisotopic (exact) mass is 264 g/mol. The molecule has 6 heteroatoms. The van der Waals surface area contributed by atoms with Gasteiger partial charge in [0.15, 0.2) is 0 Å². The summed E-state index contributed by atoms with van der Waals surface area (Å²) in [4.78, 5) is 23.7. The lowest BCUT2D eigenvalue weighted by molar-refractivity contribution is -0.384. The van der Waals surface area contributed by atoms with Crippen LogP contribution in [-0.4, -0.2) is 28.6 Å². The van der Waals surface area contributed by atoms with Crippen LogP contribution in [0.3, 0.4) is 0 Å². The Bertz CT molecular complexity index is 497. The second-order valence-electron chi connectivity index (χ2n) is 5.08. The number of hydrogen-bond donors (Lipinski definition) is 1. The van der Waals surface area contributed by atoms with Gasteiger partial charge in [-0.2, -0.15) is 0 Å². The van der Waals surface area contributed by atoms with E-state index in [-0.39, 0.29) is 23.0 Å². The van der Waals surface area contributed by atoms with Crippen LogP contribution in [0.4, 0.5) is 11.4 Å². The summed E-state index contributed by atoms with van der Waals surface area (Å²) in [6, 6.07) is 4.29. The quantitative estimate of drug-likeness (QED) is 0.670. The van der Waals surface area contributed by atoms with Crippen LogP contribution < -0.4 is 4.90 Å². The van der Waals surface area contributed by atoms with Crippen LogP contribution in [0.25, 0.3) is 0 Å². The summed E-state index contributed by atoms with van der Waals surface area (Å²) in [5.74, 6) is -0.734. The van der Waals surface area contributed by atoms with E-state index in [1.165, 1.54) is 18.2 Å². The van der Waals surface area contributed by atoms with Gasteiger partial charge in [0, 0.05) is 18.7 Å². The van der Waals surface area contributed by atoms with Crippen LogP contribution in [-0.2, 0) is 0 Å². The fourth-order valence-corrected chi connectivity index (χ4v) is 2.76. The van der Waals surface area contributed by atoms with E-state index < -0.39 is 10.9 Å². The molecule has 0 saturated carbocycles. The SMILES string of the molecule is CC1CC(C)N(c2c(C(=O)O)cccc2[N+](=O)[O-])C1. The van der Waals surface area contributed by atoms with Crippen molar-refractivity contribution in [3.63, 3.8) is 0 Å². The van der Waals surface area contributed by atoms with Crippen LogP contribution in [0.2, 0.25) is 0 Å². The molecule has 2 unspecified atom stereocenters. The average Bonchev–Trinajstić information content (AvgIpc) is 2.67. The van der Waals surface area contributed by atoms with Crippen molar-refractivity contribution >= 4 is 17.3 Å². The van der Waals surface area contributed by atoms with Crippen LogP contribution in [0.1, 0.15) is 30.6 Å². The van der Waals surface area contributed by atoms with Gasteiger partial charge < -0.3 is 10.0 Å². The van der Waals surface area contributed by atoms with Gasteiger partial charge in [0.25, 0.3) is 5.69 Å². The van der Waals surface area contributed by atoms with Crippen LogP contribution in [0, 0.1) is 16.0 Å². The van der Waals surface area contributed by atoms with Crippen molar-refractivity contribution in [1.29, 1.82) is 0 Å². The van der Waals surface area contributed by atoms with E-state index in [2.05, 4.69) is 6.92 Å². The van der Waals surface area contributed by atoms with Gasteiger partial charge in [-0.25, -0.2) is 4.79 Å². The molecular formula is C13H16N2O4. The largest absolute Gasteiger partial charge is 0.478 e. The number of carboxylic acid groups (broad SMARTS) is 1. The van der Waals surface area contributed by atoms with Crippen molar-refractivity contribution in [3.05, 3.63) is 33.9 Å². The minimum Gasteiger partial charge on any atom is -0.478 e. The van der Waals surface area contributed by atoms with Gasteiger partial charge in [0.2, 0.25) is 0 Å². The molecule has 102 valence electrons. The maximum atomic E-state index is 11.3. The average molecular weight is 264 g/mol. The molecule has 0 aliphatic carbocycles. The third-order valence-corrected chi connectivity index (χ3v) is 3.51. The summed E-state index contributed by atoms with van der Waals surface area (Å²) in [7, 11) is 0. The minimum absolute atomic E-state index is 0.00449. The van der Waals surface area contributed by atoms with Crippen LogP contribution >= 0.6 is 0 Å². The summed E-state index contributed by atoms with van der Waals surface area (Å²) in [5, 5.41) is 20.4. The Morgan fingerprint density at radius 2 is 2.16 bits per heavy atom. The Kier molecular flexibility index (Phi) is 3.42. The molecule has 1 aliphatic rings. The Morgan fingerprint density at radius 1 is 1.47 bits per heavy atom. The molecule has 2 rings (SSSR count). The first-order valence-corrected chi connectivity index (χ1v) is 6.19. The van der Waals surface area contributed by atoms with E-state index in [0.717, 1.165) is 6.42 Å². The van der Waals surface area contributed by atoms with E-state index in [1.807, 2.05) is 11.8 Å². The topological polar surface area (TPSA) is 83.7 Å². The maximum absolute atomic E-state index is 11.3. The third-order valence-electron chi connectivity index (χ3n) is 3.51. The predicted octanol–water partition coefficient (Wildman–Crippen LogP) is 2.53. The number of carbonyl (C=O) groups is 1. The molecular weight excluding hydrogens is 248 g/mol. The van der Waals surface area contributed by atoms with Gasteiger partial charge in [0.1, 0.15) is 5.69 Å². The number of benzene rings is 1. The number of anilines is 1. The summed E-state index contributed by atoms with van der Waals surface area (Å²) < 4.78 is 0. The molecule has 1 aliphatic heterocycles. The Hall–Kier alpha value is -2.11. The smallest absolute Gasteiger partial charge is 0.338 e. The summed E-state index contributed by atoms with van der Waals surface area (Å²) in [5.41, 5.74) is 0.0906. The van der Waals surface area contributed by atoms with Gasteiger partial charge in [-0.15, -0.1) is 0 Å². The van der Waals surface area contributed by atoms with E-state index in [4.69, 9.17) is 0 Å². The fraction of sp³-hybridized carbons (Fsp3) is 0.462. The maximum Gasteiger partial charge on any atom is 0.338 e. The number of nitrogens with zero attached hydrogens (tertiary/aromatic N) is 2. The number of aromatic carboxylic acids is 1. The van der Waals surface area contributed by atoms with Crippen molar-refractivity contribution in [2.45, 2.75) is 26.3 Å². The highest BCUT2D eigenvalue weighted by atomic mass is 16.6. The van der Waals surface area contributed by atoms with Gasteiger partial charge in [-0.3, -0.25) is 10.1 Å². The molecule has 0 aromatic heterocycles. The van der Waals surface area contributed by atoms with Gasteiger partial charge in [0.05, 0.1) is 10.5 Å².